The number of aryl methyl sites for hydroxylation is 2. The summed E-state index contributed by atoms with van der Waals surface area (Å²) in [4.78, 5) is 2.21. The molecule has 1 heterocycles. The molecule has 0 bridgehead atoms. The highest BCUT2D eigenvalue weighted by atomic mass is 32.1. The van der Waals surface area contributed by atoms with Gasteiger partial charge in [0.2, 0.25) is 0 Å². The Hall–Kier alpha value is -1.37. The minimum Gasteiger partial charge on any atom is -0.271 e. The fraction of sp³-hybridized carbons (Fsp3) is 0.333. The third-order valence-electron chi connectivity index (χ3n) is 3.39. The van der Waals surface area contributed by atoms with Gasteiger partial charge in [-0.25, -0.2) is 5.43 Å². The van der Waals surface area contributed by atoms with E-state index in [4.69, 9.17) is 5.84 Å². The summed E-state index contributed by atoms with van der Waals surface area (Å²) >= 11 is 1.61. The minimum atomic E-state index is -4.33. The third kappa shape index (κ3) is 3.45. The van der Waals surface area contributed by atoms with Crippen LogP contribution in [0.4, 0.5) is 13.2 Å². The van der Waals surface area contributed by atoms with E-state index < -0.39 is 11.7 Å². The second kappa shape index (κ2) is 6.17. The van der Waals surface area contributed by atoms with Crippen molar-refractivity contribution in [2.75, 3.05) is 0 Å². The summed E-state index contributed by atoms with van der Waals surface area (Å²) in [5.74, 6) is 5.61. The van der Waals surface area contributed by atoms with Gasteiger partial charge in [-0.15, -0.1) is 11.3 Å². The third-order valence-corrected chi connectivity index (χ3v) is 4.68. The van der Waals surface area contributed by atoms with Crippen LogP contribution in [0.15, 0.2) is 30.3 Å². The van der Waals surface area contributed by atoms with Gasteiger partial charge in [-0.1, -0.05) is 13.0 Å². The van der Waals surface area contributed by atoms with Gasteiger partial charge < -0.3 is 0 Å². The molecule has 1 aromatic heterocycles. The number of hydrazine groups is 1. The quantitative estimate of drug-likeness (QED) is 0.656. The molecule has 6 heteroatoms. The van der Waals surface area contributed by atoms with Gasteiger partial charge in [-0.3, -0.25) is 5.84 Å². The first-order valence-corrected chi connectivity index (χ1v) is 7.41. The van der Waals surface area contributed by atoms with Crippen molar-refractivity contribution >= 4 is 11.3 Å². The standard InChI is InChI=1S/C15H17F3N2S/c1-3-11-5-7-13(21-11)14(20-19)12-6-4-10(8-9(12)2)15(16,17)18/h4-8,14,20H,3,19H2,1-2H3. The number of nitrogens with two attached hydrogens (primary N) is 1. The van der Waals surface area contributed by atoms with E-state index >= 15 is 0 Å². The van der Waals surface area contributed by atoms with Crippen LogP contribution in [0.3, 0.4) is 0 Å². The monoisotopic (exact) mass is 314 g/mol. The van der Waals surface area contributed by atoms with Crippen LogP contribution in [0.5, 0.6) is 0 Å². The molecule has 0 saturated heterocycles. The smallest absolute Gasteiger partial charge is 0.271 e. The molecule has 2 nitrogen and oxygen atoms in total. The molecule has 0 spiro atoms. The van der Waals surface area contributed by atoms with E-state index in [0.717, 1.165) is 29.0 Å². The van der Waals surface area contributed by atoms with Gasteiger partial charge in [0.25, 0.3) is 0 Å². The predicted octanol–water partition coefficient (Wildman–Crippen LogP) is 4.19. The highest BCUT2D eigenvalue weighted by Crippen LogP contribution is 2.34. The van der Waals surface area contributed by atoms with Crippen LogP contribution in [0.25, 0.3) is 0 Å². The number of hydrogen-bond donors (Lipinski definition) is 2. The normalized spacial score (nSPS) is 13.4. The first kappa shape index (κ1) is 16.0. The molecule has 2 rings (SSSR count). The number of rotatable bonds is 4. The number of hydrogen-bond acceptors (Lipinski definition) is 3. The van der Waals surface area contributed by atoms with Crippen LogP contribution < -0.4 is 11.3 Å². The van der Waals surface area contributed by atoms with Crippen molar-refractivity contribution in [3.05, 3.63) is 56.8 Å². The number of halogens is 3. The van der Waals surface area contributed by atoms with Crippen molar-refractivity contribution in [1.29, 1.82) is 0 Å². The summed E-state index contributed by atoms with van der Waals surface area (Å²) in [7, 11) is 0. The average molecular weight is 314 g/mol. The van der Waals surface area contributed by atoms with E-state index in [1.807, 2.05) is 12.1 Å². The SMILES string of the molecule is CCc1ccc(C(NN)c2ccc(C(F)(F)F)cc2C)s1. The molecule has 0 fully saturated rings. The highest BCUT2D eigenvalue weighted by molar-refractivity contribution is 7.12. The molecule has 0 aliphatic rings. The summed E-state index contributed by atoms with van der Waals surface area (Å²) < 4.78 is 38.1. The number of nitrogens with one attached hydrogen (secondary N) is 1. The van der Waals surface area contributed by atoms with Crippen molar-refractivity contribution in [2.45, 2.75) is 32.5 Å². The Labute approximate surface area is 125 Å². The molecule has 1 unspecified atom stereocenters. The summed E-state index contributed by atoms with van der Waals surface area (Å²) in [5.41, 5.74) is 3.39. The Balaban J connectivity index is 2.39. The zero-order valence-electron chi connectivity index (χ0n) is 11.8. The Morgan fingerprint density at radius 3 is 2.43 bits per heavy atom. The van der Waals surface area contributed by atoms with Crippen LogP contribution in [0.1, 0.15) is 39.4 Å². The Kier molecular flexibility index (Phi) is 4.70. The van der Waals surface area contributed by atoms with E-state index in [0.29, 0.717) is 5.56 Å². The predicted molar refractivity (Wildman–Crippen MR) is 79.0 cm³/mol. The summed E-state index contributed by atoms with van der Waals surface area (Å²) in [6.45, 7) is 3.73. The topological polar surface area (TPSA) is 38.0 Å². The lowest BCUT2D eigenvalue weighted by molar-refractivity contribution is -0.137. The summed E-state index contributed by atoms with van der Waals surface area (Å²) in [6.07, 6.45) is -3.40. The number of alkyl halides is 3. The van der Waals surface area contributed by atoms with Gasteiger partial charge in [0, 0.05) is 9.75 Å². The Morgan fingerprint density at radius 1 is 1.24 bits per heavy atom. The second-order valence-corrected chi connectivity index (χ2v) is 6.03. The van der Waals surface area contributed by atoms with Crippen molar-refractivity contribution in [1.82, 2.24) is 5.43 Å². The van der Waals surface area contributed by atoms with Crippen LogP contribution in [-0.4, -0.2) is 0 Å². The molecule has 3 N–H and O–H groups in total. The highest BCUT2D eigenvalue weighted by Gasteiger charge is 2.31. The molecule has 0 radical (unpaired) electrons. The molecular formula is C15H17F3N2S. The molecule has 0 saturated carbocycles. The van der Waals surface area contributed by atoms with Crippen LogP contribution >= 0.6 is 11.3 Å². The average Bonchev–Trinajstić information content (AvgIpc) is 2.89. The summed E-state index contributed by atoms with van der Waals surface area (Å²) in [5, 5.41) is 0. The molecule has 0 amide bonds. The first-order valence-electron chi connectivity index (χ1n) is 6.59. The van der Waals surface area contributed by atoms with Crippen LogP contribution in [0, 0.1) is 6.92 Å². The maximum atomic E-state index is 12.7. The van der Waals surface area contributed by atoms with Crippen LogP contribution in [-0.2, 0) is 12.6 Å². The molecule has 114 valence electrons. The van der Waals surface area contributed by atoms with Gasteiger partial charge >= 0.3 is 6.18 Å². The zero-order valence-corrected chi connectivity index (χ0v) is 12.6. The molecule has 0 aliphatic heterocycles. The Morgan fingerprint density at radius 2 is 1.95 bits per heavy atom. The minimum absolute atomic E-state index is 0.294. The van der Waals surface area contributed by atoms with Gasteiger partial charge in [0.1, 0.15) is 0 Å². The zero-order chi connectivity index (χ0) is 15.6. The van der Waals surface area contributed by atoms with E-state index in [9.17, 15) is 13.2 Å². The van der Waals surface area contributed by atoms with E-state index in [2.05, 4.69) is 12.3 Å². The maximum absolute atomic E-state index is 12.7. The number of benzene rings is 1. The van der Waals surface area contributed by atoms with Crippen LogP contribution in [0.2, 0.25) is 0 Å². The molecule has 21 heavy (non-hydrogen) atoms. The first-order chi connectivity index (χ1) is 9.86. The lowest BCUT2D eigenvalue weighted by Crippen LogP contribution is -2.28. The van der Waals surface area contributed by atoms with Crippen molar-refractivity contribution in [3.63, 3.8) is 0 Å². The Bertz CT molecular complexity index is 620. The van der Waals surface area contributed by atoms with E-state index in [-0.39, 0.29) is 6.04 Å². The fourth-order valence-corrected chi connectivity index (χ4v) is 3.27. The fourth-order valence-electron chi connectivity index (χ4n) is 2.24. The van der Waals surface area contributed by atoms with Gasteiger partial charge in [-0.2, -0.15) is 13.2 Å². The molecular weight excluding hydrogens is 297 g/mol. The van der Waals surface area contributed by atoms with Gasteiger partial charge in [0.05, 0.1) is 11.6 Å². The van der Waals surface area contributed by atoms with Crippen molar-refractivity contribution in [2.24, 2.45) is 5.84 Å². The summed E-state index contributed by atoms with van der Waals surface area (Å²) in [6, 6.07) is 7.44. The lowest BCUT2D eigenvalue weighted by Gasteiger charge is -2.18. The molecule has 1 aromatic carbocycles. The molecule has 0 aliphatic carbocycles. The van der Waals surface area contributed by atoms with Gasteiger partial charge in [-0.05, 0) is 48.7 Å². The lowest BCUT2D eigenvalue weighted by atomic mass is 9.98. The van der Waals surface area contributed by atoms with Crippen molar-refractivity contribution < 1.29 is 13.2 Å². The molecule has 2 aromatic rings. The van der Waals surface area contributed by atoms with Crippen molar-refractivity contribution in [3.8, 4) is 0 Å². The second-order valence-electron chi connectivity index (χ2n) is 4.83. The van der Waals surface area contributed by atoms with E-state index in [1.165, 1.54) is 10.9 Å². The maximum Gasteiger partial charge on any atom is 0.416 e. The number of thiophene rings is 1. The molecule has 1 atom stereocenters. The van der Waals surface area contributed by atoms with E-state index in [1.54, 1.807) is 18.3 Å². The van der Waals surface area contributed by atoms with Gasteiger partial charge in [0.15, 0.2) is 0 Å². The largest absolute Gasteiger partial charge is 0.416 e.